The van der Waals surface area contributed by atoms with Crippen molar-refractivity contribution in [3.8, 4) is 0 Å². The molecule has 0 aliphatic rings. The van der Waals surface area contributed by atoms with Gasteiger partial charge in [-0.15, -0.1) is 0 Å². The second-order valence-electron chi connectivity index (χ2n) is 4.47. The summed E-state index contributed by atoms with van der Waals surface area (Å²) < 4.78 is 4.79. The van der Waals surface area contributed by atoms with Gasteiger partial charge in [0.1, 0.15) is 5.56 Å². The standard InChI is InChI=1S/C11H16N2O3/c1-5-16-10(15)7-6-8(11(2,3)4)12-13-9(7)14/h6H,5H2,1-4H3,(H,13,14). The Morgan fingerprint density at radius 2 is 2.12 bits per heavy atom. The molecule has 0 amide bonds. The van der Waals surface area contributed by atoms with E-state index in [1.807, 2.05) is 20.8 Å². The Balaban J connectivity index is 3.19. The minimum atomic E-state index is -0.614. The van der Waals surface area contributed by atoms with Gasteiger partial charge in [-0.05, 0) is 13.0 Å². The molecule has 0 spiro atoms. The molecule has 0 aliphatic carbocycles. The summed E-state index contributed by atoms with van der Waals surface area (Å²) in [5.74, 6) is -0.614. The minimum absolute atomic E-state index is 0.00164. The Bertz CT molecular complexity index is 443. The molecule has 1 N–H and O–H groups in total. The SMILES string of the molecule is CCOC(=O)c1cc(C(C)(C)C)n[nH]c1=O. The Morgan fingerprint density at radius 3 is 2.62 bits per heavy atom. The predicted octanol–water partition coefficient (Wildman–Crippen LogP) is 1.24. The lowest BCUT2D eigenvalue weighted by atomic mass is 9.91. The van der Waals surface area contributed by atoms with Crippen molar-refractivity contribution in [1.82, 2.24) is 10.2 Å². The molecule has 1 aromatic heterocycles. The minimum Gasteiger partial charge on any atom is -0.462 e. The van der Waals surface area contributed by atoms with Crippen LogP contribution in [0.15, 0.2) is 10.9 Å². The number of aromatic nitrogens is 2. The maximum Gasteiger partial charge on any atom is 0.343 e. The molecule has 0 saturated heterocycles. The van der Waals surface area contributed by atoms with Crippen LogP contribution in [0.1, 0.15) is 43.7 Å². The van der Waals surface area contributed by atoms with E-state index in [9.17, 15) is 9.59 Å². The zero-order valence-electron chi connectivity index (χ0n) is 9.96. The zero-order chi connectivity index (χ0) is 12.3. The van der Waals surface area contributed by atoms with E-state index in [0.29, 0.717) is 5.69 Å². The molecule has 88 valence electrons. The summed E-state index contributed by atoms with van der Waals surface area (Å²) in [4.78, 5) is 22.9. The highest BCUT2D eigenvalue weighted by Crippen LogP contribution is 2.18. The van der Waals surface area contributed by atoms with Crippen LogP contribution in [0.25, 0.3) is 0 Å². The number of rotatable bonds is 2. The van der Waals surface area contributed by atoms with E-state index in [-0.39, 0.29) is 17.6 Å². The second-order valence-corrected chi connectivity index (χ2v) is 4.47. The van der Waals surface area contributed by atoms with E-state index in [2.05, 4.69) is 10.2 Å². The Hall–Kier alpha value is -1.65. The molecule has 1 aromatic rings. The van der Waals surface area contributed by atoms with Gasteiger partial charge in [0, 0.05) is 5.41 Å². The normalized spacial score (nSPS) is 11.2. The van der Waals surface area contributed by atoms with Gasteiger partial charge in [0.25, 0.3) is 5.56 Å². The fraction of sp³-hybridized carbons (Fsp3) is 0.545. The summed E-state index contributed by atoms with van der Waals surface area (Å²) in [6, 6.07) is 1.48. The Morgan fingerprint density at radius 1 is 1.50 bits per heavy atom. The first-order chi connectivity index (χ1) is 7.36. The van der Waals surface area contributed by atoms with Crippen molar-refractivity contribution in [3.05, 3.63) is 27.7 Å². The third-order valence-corrected chi connectivity index (χ3v) is 2.07. The molecule has 5 heteroatoms. The highest BCUT2D eigenvalue weighted by atomic mass is 16.5. The summed E-state index contributed by atoms with van der Waals surface area (Å²) in [6.07, 6.45) is 0. The van der Waals surface area contributed by atoms with Crippen molar-refractivity contribution in [1.29, 1.82) is 0 Å². The van der Waals surface area contributed by atoms with Crippen LogP contribution >= 0.6 is 0 Å². The maximum absolute atomic E-state index is 11.5. The molecule has 5 nitrogen and oxygen atoms in total. The fourth-order valence-electron chi connectivity index (χ4n) is 1.15. The van der Waals surface area contributed by atoms with Crippen molar-refractivity contribution < 1.29 is 9.53 Å². The molecule has 1 heterocycles. The van der Waals surface area contributed by atoms with Gasteiger partial charge in [0.15, 0.2) is 0 Å². The van der Waals surface area contributed by atoms with Crippen molar-refractivity contribution in [2.24, 2.45) is 0 Å². The molecule has 0 fully saturated rings. The van der Waals surface area contributed by atoms with Crippen LogP contribution in [-0.4, -0.2) is 22.8 Å². The lowest BCUT2D eigenvalue weighted by Gasteiger charge is -2.17. The lowest BCUT2D eigenvalue weighted by Crippen LogP contribution is -2.25. The summed E-state index contributed by atoms with van der Waals surface area (Å²) in [5.41, 5.74) is -0.103. The molecule has 0 unspecified atom stereocenters. The molecule has 0 radical (unpaired) electrons. The van der Waals surface area contributed by atoms with Gasteiger partial charge < -0.3 is 4.74 Å². The summed E-state index contributed by atoms with van der Waals surface area (Å²) in [7, 11) is 0. The number of nitrogens with one attached hydrogen (secondary N) is 1. The molecular weight excluding hydrogens is 208 g/mol. The van der Waals surface area contributed by atoms with Crippen molar-refractivity contribution >= 4 is 5.97 Å². The topological polar surface area (TPSA) is 72.0 Å². The first kappa shape index (κ1) is 12.4. The number of carbonyl (C=O) groups excluding carboxylic acids is 1. The maximum atomic E-state index is 11.5. The van der Waals surface area contributed by atoms with Crippen molar-refractivity contribution in [2.45, 2.75) is 33.1 Å². The van der Waals surface area contributed by atoms with E-state index in [4.69, 9.17) is 4.74 Å². The van der Waals surface area contributed by atoms with Crippen LogP contribution in [0.5, 0.6) is 0 Å². The largest absolute Gasteiger partial charge is 0.462 e. The van der Waals surface area contributed by atoms with Crippen LogP contribution in [0.4, 0.5) is 0 Å². The lowest BCUT2D eigenvalue weighted by molar-refractivity contribution is 0.0523. The van der Waals surface area contributed by atoms with E-state index in [1.165, 1.54) is 6.07 Å². The van der Waals surface area contributed by atoms with Crippen LogP contribution in [0.3, 0.4) is 0 Å². The summed E-state index contributed by atoms with van der Waals surface area (Å²) in [5, 5.41) is 6.22. The van der Waals surface area contributed by atoms with E-state index in [1.54, 1.807) is 6.92 Å². The molecular formula is C11H16N2O3. The molecule has 16 heavy (non-hydrogen) atoms. The number of H-pyrrole nitrogens is 1. The highest BCUT2D eigenvalue weighted by Gasteiger charge is 2.20. The Kier molecular flexibility index (Phi) is 3.47. The van der Waals surface area contributed by atoms with E-state index in [0.717, 1.165) is 0 Å². The number of hydrogen-bond acceptors (Lipinski definition) is 4. The van der Waals surface area contributed by atoms with Crippen LogP contribution < -0.4 is 5.56 Å². The van der Waals surface area contributed by atoms with Gasteiger partial charge >= 0.3 is 5.97 Å². The summed E-state index contributed by atoms with van der Waals surface area (Å²) >= 11 is 0. The van der Waals surface area contributed by atoms with Gasteiger partial charge in [-0.1, -0.05) is 20.8 Å². The molecule has 0 aliphatic heterocycles. The molecule has 0 bridgehead atoms. The van der Waals surface area contributed by atoms with E-state index < -0.39 is 11.5 Å². The average Bonchev–Trinajstić information content (AvgIpc) is 2.16. The number of esters is 1. The quantitative estimate of drug-likeness (QED) is 0.767. The first-order valence-corrected chi connectivity index (χ1v) is 5.13. The number of nitrogens with zero attached hydrogens (tertiary/aromatic N) is 1. The van der Waals surface area contributed by atoms with Crippen LogP contribution in [0.2, 0.25) is 0 Å². The van der Waals surface area contributed by atoms with Gasteiger partial charge in [-0.3, -0.25) is 4.79 Å². The van der Waals surface area contributed by atoms with Gasteiger partial charge in [0.05, 0.1) is 12.3 Å². The summed E-state index contributed by atoms with van der Waals surface area (Å²) in [6.45, 7) is 7.77. The molecule has 1 rings (SSSR count). The molecule has 0 saturated carbocycles. The zero-order valence-corrected chi connectivity index (χ0v) is 9.96. The number of ether oxygens (including phenoxy) is 1. The highest BCUT2D eigenvalue weighted by molar-refractivity contribution is 5.89. The first-order valence-electron chi connectivity index (χ1n) is 5.13. The number of hydrogen-bond donors (Lipinski definition) is 1. The third kappa shape index (κ3) is 2.68. The fourth-order valence-corrected chi connectivity index (χ4v) is 1.15. The number of carbonyl (C=O) groups is 1. The molecule has 0 aromatic carbocycles. The smallest absolute Gasteiger partial charge is 0.343 e. The van der Waals surface area contributed by atoms with Gasteiger partial charge in [-0.25, -0.2) is 9.89 Å². The van der Waals surface area contributed by atoms with Crippen LogP contribution in [0, 0.1) is 0 Å². The van der Waals surface area contributed by atoms with Crippen LogP contribution in [-0.2, 0) is 10.2 Å². The van der Waals surface area contributed by atoms with Crippen molar-refractivity contribution in [2.75, 3.05) is 6.61 Å². The Labute approximate surface area is 93.8 Å². The van der Waals surface area contributed by atoms with Crippen molar-refractivity contribution in [3.63, 3.8) is 0 Å². The predicted molar refractivity (Wildman–Crippen MR) is 59.5 cm³/mol. The third-order valence-electron chi connectivity index (χ3n) is 2.07. The average molecular weight is 224 g/mol. The van der Waals surface area contributed by atoms with Gasteiger partial charge in [-0.2, -0.15) is 5.10 Å². The number of aromatic amines is 1. The van der Waals surface area contributed by atoms with E-state index >= 15 is 0 Å². The second kappa shape index (κ2) is 4.47. The molecule has 0 atom stereocenters. The monoisotopic (exact) mass is 224 g/mol. The van der Waals surface area contributed by atoms with Gasteiger partial charge in [0.2, 0.25) is 0 Å².